The van der Waals surface area contributed by atoms with E-state index in [1.165, 1.54) is 19.3 Å². The van der Waals surface area contributed by atoms with Crippen molar-refractivity contribution in [2.75, 3.05) is 19.6 Å². The summed E-state index contributed by atoms with van der Waals surface area (Å²) in [5.74, 6) is 0.213. The van der Waals surface area contributed by atoms with Crippen molar-refractivity contribution < 1.29 is 4.79 Å². The normalized spacial score (nSPS) is 18.9. The van der Waals surface area contributed by atoms with Gasteiger partial charge in [0.1, 0.15) is 0 Å². The molecule has 0 bridgehead atoms. The van der Waals surface area contributed by atoms with Crippen LogP contribution in [0.25, 0.3) is 0 Å². The van der Waals surface area contributed by atoms with Gasteiger partial charge < -0.3 is 4.90 Å². The smallest absolute Gasteiger partial charge is 0.164 e. The first-order chi connectivity index (χ1) is 9.52. The third kappa shape index (κ3) is 4.07. The fourth-order valence-corrected chi connectivity index (χ4v) is 2.84. The Morgan fingerprint density at radius 1 is 1.25 bits per heavy atom. The number of ketones is 1. The summed E-state index contributed by atoms with van der Waals surface area (Å²) in [6.07, 6.45) is 4.35. The Labute approximate surface area is 127 Å². The fraction of sp³-hybridized carbons (Fsp3) is 0.588. The average molecular weight is 294 g/mol. The highest BCUT2D eigenvalue weighted by atomic mass is 35.5. The minimum absolute atomic E-state index is 0.213. The number of carbonyl (C=O) groups is 1. The molecule has 1 aromatic carbocycles. The zero-order valence-corrected chi connectivity index (χ0v) is 13.2. The Hall–Kier alpha value is -0.860. The molecule has 1 aliphatic rings. The zero-order chi connectivity index (χ0) is 14.6. The Bertz CT molecular complexity index is 447. The van der Waals surface area contributed by atoms with Crippen LogP contribution in [-0.2, 0) is 0 Å². The molecule has 110 valence electrons. The first kappa shape index (κ1) is 15.5. The van der Waals surface area contributed by atoms with Crippen LogP contribution >= 0.6 is 11.6 Å². The number of piperidine rings is 1. The van der Waals surface area contributed by atoms with E-state index >= 15 is 0 Å². The van der Waals surface area contributed by atoms with Gasteiger partial charge in [0, 0.05) is 23.6 Å². The van der Waals surface area contributed by atoms with Gasteiger partial charge in [-0.15, -0.1) is 0 Å². The molecule has 2 rings (SSSR count). The van der Waals surface area contributed by atoms with Crippen LogP contribution in [0.4, 0.5) is 0 Å². The maximum atomic E-state index is 12.1. The molecule has 0 aliphatic carbocycles. The minimum Gasteiger partial charge on any atom is -0.303 e. The van der Waals surface area contributed by atoms with Crippen LogP contribution < -0.4 is 0 Å². The van der Waals surface area contributed by atoms with Crippen molar-refractivity contribution >= 4 is 17.4 Å². The minimum atomic E-state index is 0.213. The fourth-order valence-electron chi connectivity index (χ4n) is 2.71. The van der Waals surface area contributed by atoms with Crippen molar-refractivity contribution in [1.29, 1.82) is 0 Å². The van der Waals surface area contributed by atoms with Crippen molar-refractivity contribution in [2.45, 2.75) is 39.5 Å². The van der Waals surface area contributed by atoms with Crippen molar-refractivity contribution in [3.05, 3.63) is 34.9 Å². The van der Waals surface area contributed by atoms with Gasteiger partial charge in [-0.1, -0.05) is 31.9 Å². The van der Waals surface area contributed by atoms with Crippen LogP contribution in [0.3, 0.4) is 0 Å². The molecule has 0 saturated carbocycles. The molecule has 1 saturated heterocycles. The molecule has 0 spiro atoms. The highest BCUT2D eigenvalue weighted by molar-refractivity contribution is 6.30. The van der Waals surface area contributed by atoms with Crippen LogP contribution in [0.1, 0.15) is 49.9 Å². The number of Topliss-reactive ketones (excluding diaryl/α,β-unsaturated/α-hetero) is 1. The lowest BCUT2D eigenvalue weighted by atomic mass is 9.78. The Morgan fingerprint density at radius 3 is 2.40 bits per heavy atom. The Morgan fingerprint density at radius 2 is 1.85 bits per heavy atom. The maximum Gasteiger partial charge on any atom is 0.164 e. The van der Waals surface area contributed by atoms with Crippen LogP contribution in [0.2, 0.25) is 5.02 Å². The van der Waals surface area contributed by atoms with Gasteiger partial charge >= 0.3 is 0 Å². The molecule has 0 radical (unpaired) electrons. The SMILES string of the molecule is CCC1(C)CCN(CCC(=O)c2ccc(Cl)cc2)CC1. The highest BCUT2D eigenvalue weighted by Gasteiger charge is 2.28. The molecule has 0 amide bonds. The van der Waals surface area contributed by atoms with Crippen LogP contribution in [0.15, 0.2) is 24.3 Å². The van der Waals surface area contributed by atoms with E-state index in [1.54, 1.807) is 12.1 Å². The van der Waals surface area contributed by atoms with E-state index in [9.17, 15) is 4.79 Å². The number of carbonyl (C=O) groups excluding carboxylic acids is 1. The van der Waals surface area contributed by atoms with Crippen molar-refractivity contribution in [3.8, 4) is 0 Å². The van der Waals surface area contributed by atoms with Crippen LogP contribution in [0.5, 0.6) is 0 Å². The average Bonchev–Trinajstić information content (AvgIpc) is 2.47. The third-order valence-electron chi connectivity index (χ3n) is 4.74. The van der Waals surface area contributed by atoms with Gasteiger partial charge in [0.05, 0.1) is 0 Å². The summed E-state index contributed by atoms with van der Waals surface area (Å²) in [6, 6.07) is 7.19. The van der Waals surface area contributed by atoms with E-state index in [2.05, 4.69) is 18.7 Å². The van der Waals surface area contributed by atoms with Gasteiger partial charge in [0.2, 0.25) is 0 Å². The van der Waals surface area contributed by atoms with Crippen LogP contribution in [0, 0.1) is 5.41 Å². The highest BCUT2D eigenvalue weighted by Crippen LogP contribution is 2.33. The second-order valence-electron chi connectivity index (χ2n) is 6.19. The van der Waals surface area contributed by atoms with Gasteiger partial charge in [-0.05, 0) is 55.6 Å². The van der Waals surface area contributed by atoms with Crippen LogP contribution in [-0.4, -0.2) is 30.3 Å². The number of nitrogens with zero attached hydrogens (tertiary/aromatic N) is 1. The maximum absolute atomic E-state index is 12.1. The largest absolute Gasteiger partial charge is 0.303 e. The standard InChI is InChI=1S/C17H24ClNO/c1-3-17(2)9-12-19(13-10-17)11-8-16(20)14-4-6-15(18)7-5-14/h4-7H,3,8-13H2,1-2H3. The number of hydrogen-bond acceptors (Lipinski definition) is 2. The number of hydrogen-bond donors (Lipinski definition) is 0. The summed E-state index contributed by atoms with van der Waals surface area (Å²) in [6.45, 7) is 7.78. The molecule has 0 aromatic heterocycles. The van der Waals surface area contributed by atoms with Gasteiger partial charge in [-0.2, -0.15) is 0 Å². The topological polar surface area (TPSA) is 20.3 Å². The van der Waals surface area contributed by atoms with E-state index in [0.29, 0.717) is 16.9 Å². The molecule has 3 heteroatoms. The molecule has 2 nitrogen and oxygen atoms in total. The molecule has 0 N–H and O–H groups in total. The quantitative estimate of drug-likeness (QED) is 0.749. The summed E-state index contributed by atoms with van der Waals surface area (Å²) in [5, 5.41) is 0.677. The molecule has 1 heterocycles. The summed E-state index contributed by atoms with van der Waals surface area (Å²) in [4.78, 5) is 14.5. The zero-order valence-electron chi connectivity index (χ0n) is 12.5. The Balaban J connectivity index is 1.79. The summed E-state index contributed by atoms with van der Waals surface area (Å²) in [7, 11) is 0. The molecule has 1 aromatic rings. The third-order valence-corrected chi connectivity index (χ3v) is 4.99. The first-order valence-electron chi connectivity index (χ1n) is 7.53. The van der Waals surface area contributed by atoms with E-state index in [-0.39, 0.29) is 5.78 Å². The van der Waals surface area contributed by atoms with E-state index in [1.807, 2.05) is 12.1 Å². The van der Waals surface area contributed by atoms with Crippen molar-refractivity contribution in [1.82, 2.24) is 4.90 Å². The summed E-state index contributed by atoms with van der Waals surface area (Å²) >= 11 is 5.84. The van der Waals surface area contributed by atoms with Gasteiger partial charge in [0.15, 0.2) is 5.78 Å². The number of halogens is 1. The number of likely N-dealkylation sites (tertiary alicyclic amines) is 1. The van der Waals surface area contributed by atoms with Gasteiger partial charge in [0.25, 0.3) is 0 Å². The lowest BCUT2D eigenvalue weighted by Crippen LogP contribution is -2.39. The second-order valence-corrected chi connectivity index (χ2v) is 6.62. The van der Waals surface area contributed by atoms with E-state index in [4.69, 9.17) is 11.6 Å². The summed E-state index contributed by atoms with van der Waals surface area (Å²) < 4.78 is 0. The predicted molar refractivity (Wildman–Crippen MR) is 84.5 cm³/mol. The molecule has 0 atom stereocenters. The van der Waals surface area contributed by atoms with Crippen molar-refractivity contribution in [2.24, 2.45) is 5.41 Å². The predicted octanol–water partition coefficient (Wildman–Crippen LogP) is 4.42. The van der Waals surface area contributed by atoms with E-state index in [0.717, 1.165) is 25.2 Å². The van der Waals surface area contributed by atoms with E-state index < -0.39 is 0 Å². The first-order valence-corrected chi connectivity index (χ1v) is 7.91. The molecule has 0 unspecified atom stereocenters. The van der Waals surface area contributed by atoms with Gasteiger partial charge in [-0.3, -0.25) is 4.79 Å². The molecule has 1 fully saturated rings. The lowest BCUT2D eigenvalue weighted by Gasteiger charge is -2.38. The number of rotatable bonds is 5. The molecule has 1 aliphatic heterocycles. The lowest BCUT2D eigenvalue weighted by molar-refractivity contribution is 0.0902. The molecular formula is C17H24ClNO. The molecule has 20 heavy (non-hydrogen) atoms. The van der Waals surface area contributed by atoms with Crippen molar-refractivity contribution in [3.63, 3.8) is 0 Å². The Kier molecular flexibility index (Phi) is 5.22. The second kappa shape index (κ2) is 6.73. The molecular weight excluding hydrogens is 270 g/mol. The van der Waals surface area contributed by atoms with Gasteiger partial charge in [-0.25, -0.2) is 0 Å². The summed E-state index contributed by atoms with van der Waals surface area (Å²) in [5.41, 5.74) is 1.28. The monoisotopic (exact) mass is 293 g/mol. The number of benzene rings is 1.